The third-order valence-electron chi connectivity index (χ3n) is 3.94. The summed E-state index contributed by atoms with van der Waals surface area (Å²) in [5.74, 6) is 0.549. The lowest BCUT2D eigenvalue weighted by Gasteiger charge is -2.24. The van der Waals surface area contributed by atoms with Crippen LogP contribution in [-0.2, 0) is 0 Å². The Morgan fingerprint density at radius 2 is 2.21 bits per heavy atom. The molecule has 0 radical (unpaired) electrons. The van der Waals surface area contributed by atoms with Gasteiger partial charge in [-0.25, -0.2) is 4.98 Å². The zero-order valence-corrected chi connectivity index (χ0v) is 10.6. The molecule has 1 unspecified atom stereocenters. The summed E-state index contributed by atoms with van der Waals surface area (Å²) in [4.78, 5) is 7.44. The van der Waals surface area contributed by atoms with Gasteiger partial charge in [-0.2, -0.15) is 0 Å². The Hall–Kier alpha value is -2.01. The van der Waals surface area contributed by atoms with Crippen LogP contribution in [0.3, 0.4) is 0 Å². The number of fused-ring (bicyclic) bond motifs is 3. The Morgan fingerprint density at radius 1 is 1.21 bits per heavy atom. The first-order chi connectivity index (χ1) is 9.43. The fourth-order valence-corrected chi connectivity index (χ4v) is 3.02. The fraction of sp³-hybridized carbons (Fsp3) is 0.357. The van der Waals surface area contributed by atoms with Gasteiger partial charge in [0.25, 0.3) is 0 Å². The average Bonchev–Trinajstić information content (AvgIpc) is 2.96. The third-order valence-corrected chi connectivity index (χ3v) is 3.94. The van der Waals surface area contributed by atoms with Crippen LogP contribution in [0.5, 0.6) is 0 Å². The Kier molecular flexibility index (Phi) is 2.45. The fourth-order valence-electron chi connectivity index (χ4n) is 3.02. The Balaban J connectivity index is 2.00. The summed E-state index contributed by atoms with van der Waals surface area (Å²) in [7, 11) is 0. The van der Waals surface area contributed by atoms with Gasteiger partial charge in [0.15, 0.2) is 11.3 Å². The van der Waals surface area contributed by atoms with Crippen LogP contribution in [0.4, 0.5) is 0 Å². The first-order valence-electron chi connectivity index (χ1n) is 6.72. The van der Waals surface area contributed by atoms with Gasteiger partial charge in [0, 0.05) is 29.7 Å². The molecule has 3 aromatic heterocycles. The molecule has 96 valence electrons. The molecule has 4 rings (SSSR count). The van der Waals surface area contributed by atoms with Crippen LogP contribution >= 0.6 is 0 Å². The number of nitrogens with zero attached hydrogens (tertiary/aromatic N) is 3. The predicted octanol–water partition coefficient (Wildman–Crippen LogP) is 1.97. The number of H-pyrrole nitrogens is 1. The van der Waals surface area contributed by atoms with Crippen molar-refractivity contribution in [1.82, 2.24) is 25.5 Å². The Bertz CT molecular complexity index is 727. The van der Waals surface area contributed by atoms with Crippen molar-refractivity contribution >= 4 is 22.1 Å². The molecule has 1 fully saturated rings. The van der Waals surface area contributed by atoms with Gasteiger partial charge in [-0.3, -0.25) is 0 Å². The molecule has 5 heteroatoms. The van der Waals surface area contributed by atoms with Crippen LogP contribution in [0.15, 0.2) is 24.5 Å². The summed E-state index contributed by atoms with van der Waals surface area (Å²) >= 11 is 0. The summed E-state index contributed by atoms with van der Waals surface area (Å²) in [5, 5.41) is 14.2. The highest BCUT2D eigenvalue weighted by molar-refractivity contribution is 6.03. The van der Waals surface area contributed by atoms with Crippen molar-refractivity contribution in [3.05, 3.63) is 30.1 Å². The lowest BCUT2D eigenvalue weighted by molar-refractivity contribution is 0.463. The van der Waals surface area contributed by atoms with Crippen molar-refractivity contribution in [1.29, 1.82) is 0 Å². The average molecular weight is 253 g/mol. The van der Waals surface area contributed by atoms with E-state index in [9.17, 15) is 0 Å². The van der Waals surface area contributed by atoms with E-state index in [1.54, 1.807) is 6.20 Å². The SMILES string of the molecule is c1cc2c(n1)nnc1[nH]ccc(C3CCCNC3)c12. The van der Waals surface area contributed by atoms with Crippen LogP contribution in [0.1, 0.15) is 24.3 Å². The number of piperidine rings is 1. The number of pyridine rings is 1. The van der Waals surface area contributed by atoms with Gasteiger partial charge >= 0.3 is 0 Å². The second-order valence-corrected chi connectivity index (χ2v) is 5.08. The standard InChI is InChI=1S/C14H15N5/c1-2-9(8-15-5-1)10-3-6-17-14-12(10)11-4-7-16-13(11)18-19-14/h3-4,6-7,9,15H,1-2,5,8H2,(H,17,19). The number of aromatic amines is 1. The highest BCUT2D eigenvalue weighted by Gasteiger charge is 2.19. The molecular formula is C14H15N5. The number of hydrogen-bond donors (Lipinski definition) is 2. The maximum Gasteiger partial charge on any atom is 0.182 e. The van der Waals surface area contributed by atoms with Gasteiger partial charge in [0.1, 0.15) is 0 Å². The number of aromatic nitrogens is 4. The monoisotopic (exact) mass is 253 g/mol. The molecule has 0 bridgehead atoms. The Morgan fingerprint density at radius 3 is 3.11 bits per heavy atom. The first-order valence-corrected chi connectivity index (χ1v) is 6.72. The molecular weight excluding hydrogens is 238 g/mol. The molecule has 19 heavy (non-hydrogen) atoms. The minimum atomic E-state index is 0.549. The lowest BCUT2D eigenvalue weighted by atomic mass is 9.89. The van der Waals surface area contributed by atoms with Crippen LogP contribution < -0.4 is 5.32 Å². The quantitative estimate of drug-likeness (QED) is 0.696. The smallest absolute Gasteiger partial charge is 0.182 e. The molecule has 0 saturated carbocycles. The summed E-state index contributed by atoms with van der Waals surface area (Å²) in [6, 6.07) is 4.20. The molecule has 5 nitrogen and oxygen atoms in total. The van der Waals surface area contributed by atoms with Gasteiger partial charge < -0.3 is 10.3 Å². The van der Waals surface area contributed by atoms with E-state index in [0.717, 1.165) is 29.8 Å². The van der Waals surface area contributed by atoms with E-state index in [1.807, 2.05) is 12.3 Å². The predicted molar refractivity (Wildman–Crippen MR) is 74.0 cm³/mol. The van der Waals surface area contributed by atoms with E-state index in [0.29, 0.717) is 5.92 Å². The number of nitrogens with one attached hydrogen (secondary N) is 2. The van der Waals surface area contributed by atoms with Crippen molar-refractivity contribution in [3.8, 4) is 0 Å². The zero-order valence-electron chi connectivity index (χ0n) is 10.6. The molecule has 1 aliphatic heterocycles. The topological polar surface area (TPSA) is 66.5 Å². The van der Waals surface area contributed by atoms with Crippen molar-refractivity contribution in [2.24, 2.45) is 0 Å². The van der Waals surface area contributed by atoms with Gasteiger partial charge in [-0.15, -0.1) is 10.2 Å². The summed E-state index contributed by atoms with van der Waals surface area (Å²) in [6.07, 6.45) is 6.22. The van der Waals surface area contributed by atoms with E-state index in [1.165, 1.54) is 23.8 Å². The van der Waals surface area contributed by atoms with E-state index in [-0.39, 0.29) is 0 Å². The molecule has 3 aromatic rings. The molecule has 0 aromatic carbocycles. The Labute approximate surface area is 110 Å². The third kappa shape index (κ3) is 1.69. The van der Waals surface area contributed by atoms with Gasteiger partial charge in [0.2, 0.25) is 0 Å². The zero-order chi connectivity index (χ0) is 12.7. The number of hydrogen-bond acceptors (Lipinski definition) is 4. The van der Waals surface area contributed by atoms with E-state index < -0.39 is 0 Å². The highest BCUT2D eigenvalue weighted by Crippen LogP contribution is 2.31. The molecule has 4 heterocycles. The summed E-state index contributed by atoms with van der Waals surface area (Å²) in [5.41, 5.74) is 2.94. The minimum Gasteiger partial charge on any atom is -0.345 e. The minimum absolute atomic E-state index is 0.549. The lowest BCUT2D eigenvalue weighted by Crippen LogP contribution is -2.28. The van der Waals surface area contributed by atoms with Crippen molar-refractivity contribution in [3.63, 3.8) is 0 Å². The van der Waals surface area contributed by atoms with Crippen LogP contribution in [0.2, 0.25) is 0 Å². The van der Waals surface area contributed by atoms with Gasteiger partial charge in [0.05, 0.1) is 0 Å². The van der Waals surface area contributed by atoms with Gasteiger partial charge in [-0.05, 0) is 43.0 Å². The van der Waals surface area contributed by atoms with Crippen molar-refractivity contribution < 1.29 is 0 Å². The first kappa shape index (κ1) is 10.9. The van der Waals surface area contributed by atoms with E-state index >= 15 is 0 Å². The van der Waals surface area contributed by atoms with Crippen LogP contribution in [-0.4, -0.2) is 33.3 Å². The maximum absolute atomic E-state index is 4.25. The number of rotatable bonds is 1. The van der Waals surface area contributed by atoms with Crippen molar-refractivity contribution in [2.45, 2.75) is 18.8 Å². The van der Waals surface area contributed by atoms with Crippen LogP contribution in [0, 0.1) is 0 Å². The van der Waals surface area contributed by atoms with E-state index in [4.69, 9.17) is 0 Å². The highest BCUT2D eigenvalue weighted by atomic mass is 15.2. The maximum atomic E-state index is 4.25. The molecule has 0 spiro atoms. The van der Waals surface area contributed by atoms with Crippen molar-refractivity contribution in [2.75, 3.05) is 13.1 Å². The normalized spacial score (nSPS) is 20.1. The molecule has 1 atom stereocenters. The largest absolute Gasteiger partial charge is 0.345 e. The molecule has 1 aliphatic rings. The van der Waals surface area contributed by atoms with Gasteiger partial charge in [-0.1, -0.05) is 0 Å². The van der Waals surface area contributed by atoms with E-state index in [2.05, 4.69) is 31.5 Å². The second kappa shape index (κ2) is 4.28. The molecule has 2 N–H and O–H groups in total. The molecule has 0 aliphatic carbocycles. The molecule has 1 saturated heterocycles. The molecule has 0 amide bonds. The summed E-state index contributed by atoms with van der Waals surface area (Å²) < 4.78 is 0. The second-order valence-electron chi connectivity index (χ2n) is 5.08. The van der Waals surface area contributed by atoms with Crippen LogP contribution in [0.25, 0.3) is 22.1 Å². The summed E-state index contributed by atoms with van der Waals surface area (Å²) in [6.45, 7) is 2.16.